The second-order valence-corrected chi connectivity index (χ2v) is 4.20. The highest BCUT2D eigenvalue weighted by molar-refractivity contribution is 6.39. The summed E-state index contributed by atoms with van der Waals surface area (Å²) in [5.74, 6) is -0.0533. The van der Waals surface area contributed by atoms with E-state index in [2.05, 4.69) is 10.6 Å². The third kappa shape index (κ3) is 4.62. The van der Waals surface area contributed by atoms with Crippen molar-refractivity contribution in [1.82, 2.24) is 5.32 Å². The first-order valence-corrected chi connectivity index (χ1v) is 6.53. The molecular formula is C13H17ClN2O4. The number of halogens is 1. The SMILES string of the molecule is COc1ccc(NC(=O)C(=O)NCCCCl)c(OC)c1. The minimum atomic E-state index is -0.761. The van der Waals surface area contributed by atoms with Crippen molar-refractivity contribution in [2.75, 3.05) is 32.0 Å². The number of hydrogen-bond donors (Lipinski definition) is 2. The number of carbonyl (C=O) groups excluding carboxylic acids is 2. The molecule has 0 saturated heterocycles. The van der Waals surface area contributed by atoms with E-state index in [9.17, 15) is 9.59 Å². The quantitative estimate of drug-likeness (QED) is 0.473. The zero-order valence-electron chi connectivity index (χ0n) is 11.4. The Bertz CT molecular complexity index is 479. The van der Waals surface area contributed by atoms with Gasteiger partial charge in [-0.1, -0.05) is 0 Å². The second kappa shape index (κ2) is 8.27. The molecule has 0 aromatic heterocycles. The van der Waals surface area contributed by atoms with Gasteiger partial charge in [0, 0.05) is 18.5 Å². The summed E-state index contributed by atoms with van der Waals surface area (Å²) in [4.78, 5) is 23.2. The molecule has 0 unspecified atom stereocenters. The molecular weight excluding hydrogens is 284 g/mol. The van der Waals surface area contributed by atoms with Crippen LogP contribution in [0.15, 0.2) is 18.2 Å². The van der Waals surface area contributed by atoms with Crippen molar-refractivity contribution in [3.8, 4) is 11.5 Å². The highest BCUT2D eigenvalue weighted by atomic mass is 35.5. The minimum absolute atomic E-state index is 0.357. The summed E-state index contributed by atoms with van der Waals surface area (Å²) in [7, 11) is 2.99. The molecule has 0 radical (unpaired) electrons. The number of nitrogens with one attached hydrogen (secondary N) is 2. The number of alkyl halides is 1. The van der Waals surface area contributed by atoms with Crippen LogP contribution in [0.25, 0.3) is 0 Å². The lowest BCUT2D eigenvalue weighted by Gasteiger charge is -2.11. The monoisotopic (exact) mass is 300 g/mol. The standard InChI is InChI=1S/C13H17ClN2O4/c1-19-9-4-5-10(11(8-9)20-2)16-13(18)12(17)15-7-3-6-14/h4-5,8H,3,6-7H2,1-2H3,(H,15,17)(H,16,18). The first kappa shape index (κ1) is 16.1. The fraction of sp³-hybridized carbons (Fsp3) is 0.385. The topological polar surface area (TPSA) is 76.7 Å². The molecule has 0 aliphatic heterocycles. The number of anilines is 1. The first-order chi connectivity index (χ1) is 9.62. The van der Waals surface area contributed by atoms with Gasteiger partial charge in [0.1, 0.15) is 11.5 Å². The van der Waals surface area contributed by atoms with Crippen LogP contribution in [-0.2, 0) is 9.59 Å². The highest BCUT2D eigenvalue weighted by Crippen LogP contribution is 2.28. The maximum atomic E-state index is 11.7. The van der Waals surface area contributed by atoms with Crippen molar-refractivity contribution in [3.63, 3.8) is 0 Å². The molecule has 1 aromatic rings. The molecule has 110 valence electrons. The van der Waals surface area contributed by atoms with E-state index in [0.29, 0.717) is 36.0 Å². The predicted molar refractivity (Wildman–Crippen MR) is 76.5 cm³/mol. The Labute approximate surface area is 122 Å². The lowest BCUT2D eigenvalue weighted by atomic mass is 10.2. The van der Waals surface area contributed by atoms with Gasteiger partial charge in [-0.25, -0.2) is 0 Å². The van der Waals surface area contributed by atoms with Crippen LogP contribution in [0.3, 0.4) is 0 Å². The van der Waals surface area contributed by atoms with Crippen LogP contribution in [0.4, 0.5) is 5.69 Å². The van der Waals surface area contributed by atoms with E-state index in [1.807, 2.05) is 0 Å². The first-order valence-electron chi connectivity index (χ1n) is 5.99. The molecule has 2 amide bonds. The van der Waals surface area contributed by atoms with Crippen molar-refractivity contribution in [3.05, 3.63) is 18.2 Å². The van der Waals surface area contributed by atoms with Crippen molar-refractivity contribution < 1.29 is 19.1 Å². The van der Waals surface area contributed by atoms with Gasteiger partial charge in [-0.3, -0.25) is 9.59 Å². The number of methoxy groups -OCH3 is 2. The van der Waals surface area contributed by atoms with E-state index in [1.54, 1.807) is 18.2 Å². The summed E-state index contributed by atoms with van der Waals surface area (Å²) >= 11 is 5.48. The van der Waals surface area contributed by atoms with E-state index < -0.39 is 11.8 Å². The molecule has 7 heteroatoms. The van der Waals surface area contributed by atoms with Crippen LogP contribution < -0.4 is 20.1 Å². The summed E-state index contributed by atoms with van der Waals surface area (Å²) in [5, 5.41) is 4.94. The molecule has 0 spiro atoms. The Morgan fingerprint density at radius 2 is 1.95 bits per heavy atom. The lowest BCUT2D eigenvalue weighted by molar-refractivity contribution is -0.136. The fourth-order valence-electron chi connectivity index (χ4n) is 1.43. The Kier molecular flexibility index (Phi) is 6.66. The van der Waals surface area contributed by atoms with E-state index in [0.717, 1.165) is 0 Å². The summed E-state index contributed by atoms with van der Waals surface area (Å²) in [6.45, 7) is 0.357. The van der Waals surface area contributed by atoms with Crippen LogP contribution in [0.1, 0.15) is 6.42 Å². The lowest BCUT2D eigenvalue weighted by Crippen LogP contribution is -2.36. The maximum absolute atomic E-state index is 11.7. The van der Waals surface area contributed by atoms with Gasteiger partial charge >= 0.3 is 11.8 Å². The number of ether oxygens (including phenoxy) is 2. The van der Waals surface area contributed by atoms with Gasteiger partial charge in [-0.05, 0) is 18.6 Å². The Balaban J connectivity index is 2.67. The normalized spacial score (nSPS) is 9.75. The fourth-order valence-corrected chi connectivity index (χ4v) is 1.56. The number of carbonyl (C=O) groups is 2. The van der Waals surface area contributed by atoms with Crippen LogP contribution in [-0.4, -0.2) is 38.5 Å². The van der Waals surface area contributed by atoms with Crippen LogP contribution in [0.2, 0.25) is 0 Å². The van der Waals surface area contributed by atoms with Gasteiger partial charge in [0.05, 0.1) is 19.9 Å². The molecule has 2 N–H and O–H groups in total. The number of benzene rings is 1. The zero-order valence-corrected chi connectivity index (χ0v) is 12.1. The van der Waals surface area contributed by atoms with Gasteiger partial charge < -0.3 is 20.1 Å². The smallest absolute Gasteiger partial charge is 0.313 e. The average Bonchev–Trinajstić information content (AvgIpc) is 2.47. The molecule has 1 aromatic carbocycles. The Morgan fingerprint density at radius 1 is 1.20 bits per heavy atom. The van der Waals surface area contributed by atoms with Crippen LogP contribution >= 0.6 is 11.6 Å². The summed E-state index contributed by atoms with van der Waals surface area (Å²) in [6, 6.07) is 4.87. The largest absolute Gasteiger partial charge is 0.497 e. The molecule has 0 bridgehead atoms. The van der Waals surface area contributed by atoms with Gasteiger partial charge in [-0.2, -0.15) is 0 Å². The molecule has 0 saturated carbocycles. The Hall–Kier alpha value is -1.95. The number of amides is 2. The molecule has 20 heavy (non-hydrogen) atoms. The van der Waals surface area contributed by atoms with Gasteiger partial charge in [0.15, 0.2) is 0 Å². The minimum Gasteiger partial charge on any atom is -0.497 e. The Morgan fingerprint density at radius 3 is 2.55 bits per heavy atom. The van der Waals surface area contributed by atoms with Crippen molar-refractivity contribution >= 4 is 29.1 Å². The molecule has 0 atom stereocenters. The molecule has 0 fully saturated rings. The molecule has 0 aliphatic rings. The van der Waals surface area contributed by atoms with Gasteiger partial charge in [0.25, 0.3) is 0 Å². The van der Waals surface area contributed by atoms with Crippen molar-refractivity contribution in [1.29, 1.82) is 0 Å². The third-order valence-electron chi connectivity index (χ3n) is 2.46. The van der Waals surface area contributed by atoms with Gasteiger partial charge in [-0.15, -0.1) is 11.6 Å². The third-order valence-corrected chi connectivity index (χ3v) is 2.73. The van der Waals surface area contributed by atoms with Gasteiger partial charge in [0.2, 0.25) is 0 Å². The summed E-state index contributed by atoms with van der Waals surface area (Å²) in [6.07, 6.45) is 0.604. The highest BCUT2D eigenvalue weighted by Gasteiger charge is 2.15. The number of hydrogen-bond acceptors (Lipinski definition) is 4. The van der Waals surface area contributed by atoms with Crippen LogP contribution in [0, 0.1) is 0 Å². The molecule has 0 heterocycles. The molecule has 1 rings (SSSR count). The zero-order chi connectivity index (χ0) is 15.0. The summed E-state index contributed by atoms with van der Waals surface area (Å²) < 4.78 is 10.2. The average molecular weight is 301 g/mol. The van der Waals surface area contributed by atoms with E-state index >= 15 is 0 Å². The van der Waals surface area contributed by atoms with Crippen molar-refractivity contribution in [2.45, 2.75) is 6.42 Å². The van der Waals surface area contributed by atoms with E-state index in [1.165, 1.54) is 14.2 Å². The predicted octanol–water partition coefficient (Wildman–Crippen LogP) is 1.39. The number of rotatable bonds is 6. The van der Waals surface area contributed by atoms with E-state index in [4.69, 9.17) is 21.1 Å². The molecule has 6 nitrogen and oxygen atoms in total. The maximum Gasteiger partial charge on any atom is 0.313 e. The summed E-state index contributed by atoms with van der Waals surface area (Å²) in [5.41, 5.74) is 0.394. The van der Waals surface area contributed by atoms with Crippen molar-refractivity contribution in [2.24, 2.45) is 0 Å². The van der Waals surface area contributed by atoms with E-state index in [-0.39, 0.29) is 0 Å². The van der Waals surface area contributed by atoms with Crippen LogP contribution in [0.5, 0.6) is 11.5 Å². The second-order valence-electron chi connectivity index (χ2n) is 3.82. The molecule has 0 aliphatic carbocycles.